The van der Waals surface area contributed by atoms with Crippen LogP contribution in [0.5, 0.6) is 0 Å². The van der Waals surface area contributed by atoms with Crippen LogP contribution in [0.15, 0.2) is 15.9 Å². The Hall–Kier alpha value is -1.24. The monoisotopic (exact) mass is 305 g/mol. The zero-order chi connectivity index (χ0) is 14.3. The van der Waals surface area contributed by atoms with Gasteiger partial charge in [0.25, 0.3) is 0 Å². The van der Waals surface area contributed by atoms with Crippen molar-refractivity contribution in [2.75, 3.05) is 19.7 Å². The number of ether oxygens (including phenoxy) is 1. The Morgan fingerprint density at radius 1 is 1.33 bits per heavy atom. The lowest BCUT2D eigenvalue weighted by molar-refractivity contribution is -0.0987. The number of fused-ring (bicyclic) bond motifs is 2. The number of thiophene rings is 1. The molecule has 0 atom stereocenters. The molecule has 2 aromatic rings. The van der Waals surface area contributed by atoms with Gasteiger partial charge in [0.05, 0.1) is 18.8 Å². The number of nitrogens with zero attached hydrogens (tertiary/aromatic N) is 3. The van der Waals surface area contributed by atoms with E-state index in [2.05, 4.69) is 26.5 Å². The van der Waals surface area contributed by atoms with Gasteiger partial charge in [-0.15, -0.1) is 21.5 Å². The Balaban J connectivity index is 1.45. The molecule has 2 aromatic heterocycles. The molecule has 0 aliphatic carbocycles. The highest BCUT2D eigenvalue weighted by atomic mass is 32.1. The number of rotatable bonds is 2. The molecule has 0 saturated carbocycles. The Morgan fingerprint density at radius 2 is 2.19 bits per heavy atom. The third-order valence-electron chi connectivity index (χ3n) is 4.53. The summed E-state index contributed by atoms with van der Waals surface area (Å²) >= 11 is 1.87. The van der Waals surface area contributed by atoms with Crippen LogP contribution in [0, 0.1) is 6.92 Å². The minimum Gasteiger partial charge on any atom is -0.424 e. The number of piperidine rings is 1. The van der Waals surface area contributed by atoms with Crippen LogP contribution in [0.1, 0.15) is 35.1 Å². The third kappa shape index (κ3) is 2.41. The molecule has 21 heavy (non-hydrogen) atoms. The van der Waals surface area contributed by atoms with Crippen molar-refractivity contribution in [2.24, 2.45) is 0 Å². The molecule has 112 valence electrons. The van der Waals surface area contributed by atoms with E-state index in [-0.39, 0.29) is 5.60 Å². The van der Waals surface area contributed by atoms with Crippen molar-refractivity contribution in [2.45, 2.75) is 38.3 Å². The molecule has 0 unspecified atom stereocenters. The van der Waals surface area contributed by atoms with Crippen molar-refractivity contribution in [1.82, 2.24) is 15.1 Å². The molecule has 5 nitrogen and oxygen atoms in total. The first kappa shape index (κ1) is 13.4. The third-order valence-corrected chi connectivity index (χ3v) is 5.51. The van der Waals surface area contributed by atoms with Crippen LogP contribution in [-0.4, -0.2) is 34.8 Å². The molecule has 1 saturated heterocycles. The number of hydrogen-bond acceptors (Lipinski definition) is 6. The molecule has 0 radical (unpaired) electrons. The van der Waals surface area contributed by atoms with Crippen molar-refractivity contribution >= 4 is 11.3 Å². The van der Waals surface area contributed by atoms with Gasteiger partial charge in [-0.25, -0.2) is 0 Å². The summed E-state index contributed by atoms with van der Waals surface area (Å²) in [5.74, 6) is 1.35. The fourth-order valence-corrected chi connectivity index (χ4v) is 4.39. The number of likely N-dealkylation sites (tertiary alicyclic amines) is 1. The van der Waals surface area contributed by atoms with Crippen molar-refractivity contribution in [3.05, 3.63) is 33.7 Å². The van der Waals surface area contributed by atoms with Gasteiger partial charge in [-0.1, -0.05) is 0 Å². The zero-order valence-electron chi connectivity index (χ0n) is 12.2. The molecule has 4 heterocycles. The van der Waals surface area contributed by atoms with Crippen LogP contribution >= 0.6 is 11.3 Å². The largest absolute Gasteiger partial charge is 0.424 e. The number of aromatic nitrogens is 2. The number of aryl methyl sites for hydroxylation is 1. The summed E-state index contributed by atoms with van der Waals surface area (Å²) < 4.78 is 11.7. The normalized spacial score (nSPS) is 21.6. The molecule has 6 heteroatoms. The summed E-state index contributed by atoms with van der Waals surface area (Å²) in [5, 5.41) is 10.2. The van der Waals surface area contributed by atoms with Gasteiger partial charge in [0.2, 0.25) is 11.8 Å². The van der Waals surface area contributed by atoms with E-state index in [0.717, 1.165) is 45.5 Å². The minimum atomic E-state index is -0.0468. The molecule has 2 aliphatic heterocycles. The maximum absolute atomic E-state index is 6.22. The van der Waals surface area contributed by atoms with E-state index in [4.69, 9.17) is 9.15 Å². The highest BCUT2D eigenvalue weighted by molar-refractivity contribution is 7.10. The highest BCUT2D eigenvalue weighted by Gasteiger charge is 2.41. The topological polar surface area (TPSA) is 51.4 Å². The smallest absolute Gasteiger partial charge is 0.230 e. The molecule has 0 amide bonds. The quantitative estimate of drug-likeness (QED) is 0.853. The zero-order valence-corrected chi connectivity index (χ0v) is 13.0. The van der Waals surface area contributed by atoms with Crippen LogP contribution in [0.25, 0.3) is 0 Å². The molecule has 4 rings (SSSR count). The van der Waals surface area contributed by atoms with E-state index in [9.17, 15) is 0 Å². The second-order valence-electron chi connectivity index (χ2n) is 5.84. The van der Waals surface area contributed by atoms with Crippen molar-refractivity contribution < 1.29 is 9.15 Å². The molecule has 2 aliphatic rings. The summed E-state index contributed by atoms with van der Waals surface area (Å²) in [6.45, 7) is 5.45. The van der Waals surface area contributed by atoms with Gasteiger partial charge in [0.1, 0.15) is 0 Å². The van der Waals surface area contributed by atoms with E-state index >= 15 is 0 Å². The number of hydrogen-bond donors (Lipinski definition) is 0. The van der Waals surface area contributed by atoms with E-state index < -0.39 is 0 Å². The van der Waals surface area contributed by atoms with Crippen LogP contribution in [0.4, 0.5) is 0 Å². The molecular formula is C15H19N3O2S. The molecule has 0 N–H and O–H groups in total. The Morgan fingerprint density at radius 3 is 2.95 bits per heavy atom. The van der Waals surface area contributed by atoms with E-state index in [1.807, 2.05) is 18.3 Å². The Labute approximate surface area is 127 Å². The van der Waals surface area contributed by atoms with Gasteiger partial charge >= 0.3 is 0 Å². The SMILES string of the molecule is Cc1nnc(CN2CCC3(CC2)OCCc2sccc23)o1. The van der Waals surface area contributed by atoms with Crippen molar-refractivity contribution in [3.63, 3.8) is 0 Å². The van der Waals surface area contributed by atoms with Gasteiger partial charge in [-0.2, -0.15) is 0 Å². The summed E-state index contributed by atoms with van der Waals surface area (Å²) in [6, 6.07) is 2.26. The summed E-state index contributed by atoms with van der Waals surface area (Å²) in [4.78, 5) is 3.89. The van der Waals surface area contributed by atoms with Crippen LogP contribution in [0.2, 0.25) is 0 Å². The summed E-state index contributed by atoms with van der Waals surface area (Å²) in [6.07, 6.45) is 3.16. The first-order valence-corrected chi connectivity index (χ1v) is 8.35. The predicted molar refractivity (Wildman–Crippen MR) is 79.2 cm³/mol. The second-order valence-corrected chi connectivity index (χ2v) is 6.84. The average Bonchev–Trinajstić information content (AvgIpc) is 3.12. The highest BCUT2D eigenvalue weighted by Crippen LogP contribution is 2.43. The molecule has 1 fully saturated rings. The van der Waals surface area contributed by atoms with Gasteiger partial charge in [-0.05, 0) is 29.9 Å². The van der Waals surface area contributed by atoms with Gasteiger partial charge < -0.3 is 9.15 Å². The molecule has 1 spiro atoms. The maximum atomic E-state index is 6.22. The standard InChI is InChI=1S/C15H19N3O2S/c1-11-16-17-14(20-11)10-18-6-4-15(5-7-18)12-3-9-21-13(12)2-8-19-15/h3,9H,2,4-8,10H2,1H3. The Bertz CT molecular complexity index is 628. The minimum absolute atomic E-state index is 0.0468. The second kappa shape index (κ2) is 5.19. The maximum Gasteiger partial charge on any atom is 0.230 e. The van der Waals surface area contributed by atoms with Gasteiger partial charge in [-0.3, -0.25) is 4.90 Å². The van der Waals surface area contributed by atoms with Gasteiger partial charge in [0.15, 0.2) is 0 Å². The fourth-order valence-electron chi connectivity index (χ4n) is 3.44. The van der Waals surface area contributed by atoms with E-state index in [1.54, 1.807) is 0 Å². The average molecular weight is 305 g/mol. The fraction of sp³-hybridized carbons (Fsp3) is 0.600. The Kier molecular flexibility index (Phi) is 3.32. The van der Waals surface area contributed by atoms with Crippen LogP contribution in [-0.2, 0) is 23.3 Å². The lowest BCUT2D eigenvalue weighted by Gasteiger charge is -2.43. The van der Waals surface area contributed by atoms with Crippen molar-refractivity contribution in [1.29, 1.82) is 0 Å². The first-order valence-electron chi connectivity index (χ1n) is 7.47. The first-order chi connectivity index (χ1) is 10.3. The van der Waals surface area contributed by atoms with Crippen LogP contribution < -0.4 is 0 Å². The summed E-state index contributed by atoms with van der Waals surface area (Å²) in [5.41, 5.74) is 1.39. The molecule has 0 aromatic carbocycles. The molecule has 0 bridgehead atoms. The lowest BCUT2D eigenvalue weighted by atomic mass is 9.82. The molecular weight excluding hydrogens is 286 g/mol. The lowest BCUT2D eigenvalue weighted by Crippen LogP contribution is -2.45. The van der Waals surface area contributed by atoms with E-state index in [1.165, 1.54) is 10.4 Å². The van der Waals surface area contributed by atoms with Crippen LogP contribution in [0.3, 0.4) is 0 Å². The van der Waals surface area contributed by atoms with E-state index in [0.29, 0.717) is 11.8 Å². The van der Waals surface area contributed by atoms with Crippen molar-refractivity contribution in [3.8, 4) is 0 Å². The van der Waals surface area contributed by atoms with Gasteiger partial charge in [0, 0.05) is 31.3 Å². The predicted octanol–water partition coefficient (Wildman–Crippen LogP) is 2.50. The summed E-state index contributed by atoms with van der Waals surface area (Å²) in [7, 11) is 0.